The zero-order valence-electron chi connectivity index (χ0n) is 36.1. The van der Waals surface area contributed by atoms with E-state index in [4.69, 9.17) is 0 Å². The van der Waals surface area contributed by atoms with Crippen LogP contribution in [0, 0.1) is 61.2 Å². The molecule has 6 nitrogen and oxygen atoms in total. The molecule has 2 N–H and O–H groups in total. The summed E-state index contributed by atoms with van der Waals surface area (Å²) in [5.41, 5.74) is 11.6. The summed E-state index contributed by atoms with van der Waals surface area (Å²) in [6.07, 6.45) is 0. The van der Waals surface area contributed by atoms with E-state index in [0.717, 1.165) is 88.3 Å². The van der Waals surface area contributed by atoms with E-state index in [2.05, 4.69) is 108 Å². The Bertz CT molecular complexity index is 2740. The highest BCUT2D eigenvalue weighted by Gasteiger charge is 2.30. The minimum Gasteiger partial charge on any atom is -0.323 e. The van der Waals surface area contributed by atoms with E-state index in [-0.39, 0.29) is 11.8 Å². The third-order valence-corrected chi connectivity index (χ3v) is 11.3. The molecule has 0 aliphatic rings. The van der Waals surface area contributed by atoms with Gasteiger partial charge in [-0.2, -0.15) is 10.5 Å². The highest BCUT2D eigenvalue weighted by atomic mass is 16.2. The number of rotatable bonds is 6. The molecule has 7 aromatic carbocycles. The lowest BCUT2D eigenvalue weighted by Crippen LogP contribution is -2.31. The van der Waals surface area contributed by atoms with Gasteiger partial charge in [0.1, 0.15) is 0 Å². The van der Waals surface area contributed by atoms with Crippen molar-refractivity contribution in [2.45, 2.75) is 69.2 Å². The number of amides is 2. The second-order valence-electron chi connectivity index (χ2n) is 17.9. The van der Waals surface area contributed by atoms with Crippen molar-refractivity contribution >= 4 is 44.7 Å². The number of carbonyl (C=O) groups is 2. The number of nitrogens with zero attached hydrogens (tertiary/aromatic N) is 2. The first-order valence-corrected chi connectivity index (χ1v) is 20.3. The van der Waals surface area contributed by atoms with Gasteiger partial charge in [0.25, 0.3) is 0 Å². The average Bonchev–Trinajstić information content (AvgIpc) is 3.19. The van der Waals surface area contributed by atoms with Crippen LogP contribution in [0.3, 0.4) is 0 Å². The lowest BCUT2D eigenvalue weighted by Gasteiger charge is -2.27. The Morgan fingerprint density at radius 3 is 1.03 bits per heavy atom. The monoisotopic (exact) mass is 786 g/mol. The van der Waals surface area contributed by atoms with Crippen molar-refractivity contribution in [3.63, 3.8) is 0 Å². The maximum atomic E-state index is 14.3. The average molecular weight is 787 g/mol. The fraction of sp³-hybridized carbons (Fsp3) is 0.222. The molecule has 0 saturated heterocycles. The summed E-state index contributed by atoms with van der Waals surface area (Å²) < 4.78 is 0. The summed E-state index contributed by atoms with van der Waals surface area (Å²) in [6, 6.07) is 41.8. The van der Waals surface area contributed by atoms with Crippen LogP contribution in [0.25, 0.3) is 66.1 Å². The van der Waals surface area contributed by atoms with Crippen LogP contribution in [-0.2, 0) is 9.59 Å². The smallest absolute Gasteiger partial charge is 0.229 e. The van der Waals surface area contributed by atoms with Crippen LogP contribution < -0.4 is 10.6 Å². The van der Waals surface area contributed by atoms with Crippen LogP contribution in [0.1, 0.15) is 74.9 Å². The third kappa shape index (κ3) is 7.54. The van der Waals surface area contributed by atoms with Crippen molar-refractivity contribution < 1.29 is 9.59 Å². The van der Waals surface area contributed by atoms with Crippen molar-refractivity contribution in [3.8, 4) is 56.6 Å². The molecule has 7 aromatic rings. The second-order valence-corrected chi connectivity index (χ2v) is 17.9. The van der Waals surface area contributed by atoms with E-state index in [1.165, 1.54) is 0 Å². The summed E-state index contributed by atoms with van der Waals surface area (Å²) in [5, 5.41) is 30.4. The Hall–Kier alpha value is -7.02. The largest absolute Gasteiger partial charge is 0.323 e. The van der Waals surface area contributed by atoms with Gasteiger partial charge in [-0.3, -0.25) is 9.59 Å². The van der Waals surface area contributed by atoms with Gasteiger partial charge < -0.3 is 10.6 Å². The Morgan fingerprint density at radius 1 is 0.450 bits per heavy atom. The van der Waals surface area contributed by atoms with Gasteiger partial charge in [-0.05, 0) is 105 Å². The van der Waals surface area contributed by atoms with Gasteiger partial charge in [0.2, 0.25) is 11.8 Å². The first-order valence-electron chi connectivity index (χ1n) is 20.3. The highest BCUT2D eigenvalue weighted by Crippen LogP contribution is 2.48. The minimum atomic E-state index is -0.766. The topological polar surface area (TPSA) is 106 Å². The van der Waals surface area contributed by atoms with Gasteiger partial charge in [0, 0.05) is 22.0 Å². The van der Waals surface area contributed by atoms with E-state index >= 15 is 0 Å². The molecule has 2 amide bonds. The van der Waals surface area contributed by atoms with Crippen LogP contribution >= 0.6 is 0 Å². The number of anilines is 2. The predicted molar refractivity (Wildman–Crippen MR) is 248 cm³/mol. The van der Waals surface area contributed by atoms with Crippen LogP contribution in [0.15, 0.2) is 109 Å². The molecular formula is C54H50N4O2. The Morgan fingerprint density at radius 2 is 0.750 bits per heavy atom. The van der Waals surface area contributed by atoms with Crippen molar-refractivity contribution in [1.82, 2.24) is 0 Å². The van der Waals surface area contributed by atoms with E-state index in [1.54, 1.807) is 0 Å². The first kappa shape index (κ1) is 41.2. The Labute approximate surface area is 353 Å². The molecule has 0 aliphatic carbocycles. The highest BCUT2D eigenvalue weighted by molar-refractivity contribution is 6.17. The molecule has 60 heavy (non-hydrogen) atoms. The lowest BCUT2D eigenvalue weighted by atomic mass is 9.85. The molecule has 0 bridgehead atoms. The molecule has 298 valence electrons. The molecule has 0 saturated carbocycles. The molecule has 0 spiro atoms. The quantitative estimate of drug-likeness (QED) is 0.175. The summed E-state index contributed by atoms with van der Waals surface area (Å²) >= 11 is 0. The molecule has 0 radical (unpaired) electrons. The summed E-state index contributed by atoms with van der Waals surface area (Å²) in [6.45, 7) is 19.1. The van der Waals surface area contributed by atoms with E-state index in [1.807, 2.05) is 93.5 Å². The number of fused-ring (bicyclic) bond motifs is 2. The van der Waals surface area contributed by atoms with Crippen molar-refractivity contribution in [2.75, 3.05) is 10.6 Å². The zero-order chi connectivity index (χ0) is 43.3. The molecule has 0 heterocycles. The van der Waals surface area contributed by atoms with Crippen LogP contribution in [0.2, 0.25) is 0 Å². The fourth-order valence-electron chi connectivity index (χ4n) is 8.12. The van der Waals surface area contributed by atoms with E-state index in [0.29, 0.717) is 22.5 Å². The SMILES string of the molecule is Cc1cc(-c2cccc3cccc(-c4ccc(-c5cccc6cccc(-c7cc(C)c(C#N)c(C)c7)c56)c(NC(=O)C(C)(C)C)c4NC(=O)C(C)(C)C)c23)cc(C)c1C#N. The number of nitriles is 2. The lowest BCUT2D eigenvalue weighted by molar-refractivity contribution is -0.124. The van der Waals surface area contributed by atoms with Crippen molar-refractivity contribution in [3.05, 3.63) is 143 Å². The van der Waals surface area contributed by atoms with Crippen LogP contribution in [-0.4, -0.2) is 11.8 Å². The van der Waals surface area contributed by atoms with Crippen molar-refractivity contribution in [1.29, 1.82) is 10.5 Å². The molecule has 0 atom stereocenters. The van der Waals surface area contributed by atoms with Gasteiger partial charge in [0.05, 0.1) is 34.6 Å². The molecule has 0 fully saturated rings. The maximum absolute atomic E-state index is 14.3. The number of hydrogen-bond donors (Lipinski definition) is 2. The number of nitrogens with one attached hydrogen (secondary N) is 2. The molecule has 0 aliphatic heterocycles. The summed E-state index contributed by atoms with van der Waals surface area (Å²) in [7, 11) is 0. The predicted octanol–water partition coefficient (Wildman–Crippen LogP) is 13.6. The molecule has 0 aromatic heterocycles. The Kier molecular flexibility index (Phi) is 10.7. The van der Waals surface area contributed by atoms with E-state index < -0.39 is 10.8 Å². The Balaban J connectivity index is 1.60. The summed E-state index contributed by atoms with van der Waals surface area (Å²) in [4.78, 5) is 28.6. The van der Waals surface area contributed by atoms with Gasteiger partial charge in [-0.15, -0.1) is 0 Å². The molecule has 0 unspecified atom stereocenters. The second kappa shape index (κ2) is 15.6. The van der Waals surface area contributed by atoms with Gasteiger partial charge in [-0.25, -0.2) is 0 Å². The van der Waals surface area contributed by atoms with Crippen LogP contribution in [0.5, 0.6) is 0 Å². The fourth-order valence-corrected chi connectivity index (χ4v) is 8.12. The number of carbonyl (C=O) groups excluding carboxylic acids is 2. The first-order chi connectivity index (χ1) is 28.4. The standard InChI is InChI=1S/C54H50N4O2/c1-31-25-37(26-32(2)45(31)29-55)39-19-11-15-35-17-13-21-41(47(35)39)43-23-24-44(50(58-52(60)54(8,9)10)49(43)57-51(59)53(5,6)7)42-22-14-18-36-16-12-20-40(48(36)42)38-27-33(3)46(30-56)34(4)28-38/h11-28H,1-10H3,(H,57,59)(H,58,60). The third-order valence-electron chi connectivity index (χ3n) is 11.3. The molecule has 6 heteroatoms. The van der Waals surface area contributed by atoms with Crippen LogP contribution in [0.4, 0.5) is 11.4 Å². The number of benzene rings is 7. The normalized spacial score (nSPS) is 11.6. The van der Waals surface area contributed by atoms with Gasteiger partial charge in [0.15, 0.2) is 0 Å². The van der Waals surface area contributed by atoms with Gasteiger partial charge >= 0.3 is 0 Å². The molecular weight excluding hydrogens is 737 g/mol. The zero-order valence-corrected chi connectivity index (χ0v) is 36.1. The number of hydrogen-bond acceptors (Lipinski definition) is 4. The van der Waals surface area contributed by atoms with Crippen molar-refractivity contribution in [2.24, 2.45) is 10.8 Å². The maximum Gasteiger partial charge on any atom is 0.229 e. The van der Waals surface area contributed by atoms with E-state index in [9.17, 15) is 20.1 Å². The number of aryl methyl sites for hydroxylation is 4. The van der Waals surface area contributed by atoms with Gasteiger partial charge in [-0.1, -0.05) is 151 Å². The molecule has 7 rings (SSSR count). The minimum absolute atomic E-state index is 0.201. The summed E-state index contributed by atoms with van der Waals surface area (Å²) in [5.74, 6) is -0.402.